The molecule has 9 nitrogen and oxygen atoms in total. The minimum absolute atomic E-state index is 0.136. The van der Waals surface area contributed by atoms with E-state index in [1.165, 1.54) is 4.90 Å². The van der Waals surface area contributed by atoms with Crippen molar-refractivity contribution in [1.82, 2.24) is 10.2 Å². The van der Waals surface area contributed by atoms with Gasteiger partial charge in [-0.3, -0.25) is 19.3 Å². The first kappa shape index (κ1) is 19.4. The van der Waals surface area contributed by atoms with Gasteiger partial charge in [-0.25, -0.2) is 0 Å². The van der Waals surface area contributed by atoms with Crippen LogP contribution in [0.2, 0.25) is 0 Å². The zero-order chi connectivity index (χ0) is 18.1. The summed E-state index contributed by atoms with van der Waals surface area (Å²) in [6.07, 6.45) is 0.355. The van der Waals surface area contributed by atoms with Crippen molar-refractivity contribution < 1.29 is 29.7 Å². The lowest BCUT2D eigenvalue weighted by Crippen LogP contribution is -2.48. The molecule has 24 heavy (non-hydrogen) atoms. The van der Waals surface area contributed by atoms with Crippen LogP contribution in [0.15, 0.2) is 24.3 Å². The number of nitrogens with one attached hydrogen (secondary N) is 1. The van der Waals surface area contributed by atoms with E-state index in [4.69, 9.17) is 21.1 Å². The van der Waals surface area contributed by atoms with Crippen molar-refractivity contribution >= 4 is 23.6 Å². The number of nitrogens with two attached hydrogens (primary N) is 1. The number of aliphatic carboxylic acids is 3. The van der Waals surface area contributed by atoms with Crippen LogP contribution in [-0.2, 0) is 20.8 Å². The fraction of sp³-hybridized carbons (Fsp3) is 0.400. The van der Waals surface area contributed by atoms with E-state index in [9.17, 15) is 14.4 Å². The summed E-state index contributed by atoms with van der Waals surface area (Å²) in [4.78, 5) is 33.9. The van der Waals surface area contributed by atoms with Gasteiger partial charge in [0.1, 0.15) is 0 Å². The zero-order valence-corrected chi connectivity index (χ0v) is 13.0. The number of anilines is 1. The van der Waals surface area contributed by atoms with Gasteiger partial charge in [0.15, 0.2) is 0 Å². The van der Waals surface area contributed by atoms with Crippen molar-refractivity contribution in [3.63, 3.8) is 0 Å². The van der Waals surface area contributed by atoms with Crippen LogP contribution in [0, 0.1) is 0 Å². The van der Waals surface area contributed by atoms with E-state index < -0.39 is 37.0 Å². The average Bonchev–Trinajstić information content (AvgIpc) is 2.46. The maximum Gasteiger partial charge on any atom is 0.317 e. The van der Waals surface area contributed by atoms with Crippen molar-refractivity contribution in [2.75, 3.05) is 31.9 Å². The zero-order valence-electron chi connectivity index (χ0n) is 13.0. The maximum atomic E-state index is 11.0. The van der Waals surface area contributed by atoms with E-state index in [1.807, 2.05) is 0 Å². The van der Waals surface area contributed by atoms with E-state index in [-0.39, 0.29) is 13.1 Å². The van der Waals surface area contributed by atoms with Crippen molar-refractivity contribution in [3.8, 4) is 0 Å². The molecule has 1 aromatic carbocycles. The van der Waals surface area contributed by atoms with Crippen molar-refractivity contribution in [1.29, 1.82) is 0 Å². The second-order valence-electron chi connectivity index (χ2n) is 5.32. The van der Waals surface area contributed by atoms with Crippen LogP contribution in [0.1, 0.15) is 5.56 Å². The highest BCUT2D eigenvalue weighted by molar-refractivity contribution is 5.72. The fourth-order valence-electron chi connectivity index (χ4n) is 2.26. The van der Waals surface area contributed by atoms with Gasteiger partial charge in [0.05, 0.1) is 19.6 Å². The summed E-state index contributed by atoms with van der Waals surface area (Å²) in [5, 5.41) is 29.4. The predicted molar refractivity (Wildman–Crippen MR) is 85.7 cm³/mol. The van der Waals surface area contributed by atoms with Gasteiger partial charge >= 0.3 is 17.9 Å². The number of nitrogen functional groups attached to an aromatic ring is 1. The van der Waals surface area contributed by atoms with E-state index in [0.717, 1.165) is 5.56 Å². The molecular formula is C15H21N3O6. The van der Waals surface area contributed by atoms with E-state index >= 15 is 0 Å². The summed E-state index contributed by atoms with van der Waals surface area (Å²) in [6, 6.07) is 6.41. The molecule has 0 bridgehead atoms. The highest BCUT2D eigenvalue weighted by atomic mass is 16.4. The third-order valence-electron chi connectivity index (χ3n) is 3.30. The van der Waals surface area contributed by atoms with Gasteiger partial charge in [-0.15, -0.1) is 0 Å². The Morgan fingerprint density at radius 3 is 2.00 bits per heavy atom. The summed E-state index contributed by atoms with van der Waals surface area (Å²) in [5.74, 6) is -3.36. The molecule has 0 unspecified atom stereocenters. The van der Waals surface area contributed by atoms with Gasteiger partial charge in [-0.05, 0) is 24.1 Å². The summed E-state index contributed by atoms with van der Waals surface area (Å²) in [7, 11) is 0. The minimum Gasteiger partial charge on any atom is -0.480 e. The normalized spacial score (nSPS) is 12.0. The van der Waals surface area contributed by atoms with Gasteiger partial charge < -0.3 is 26.4 Å². The molecule has 0 saturated heterocycles. The molecule has 0 aliphatic carbocycles. The number of benzene rings is 1. The topological polar surface area (TPSA) is 153 Å². The van der Waals surface area contributed by atoms with Crippen LogP contribution in [0.3, 0.4) is 0 Å². The number of carboxylic acids is 3. The van der Waals surface area contributed by atoms with Crippen molar-refractivity contribution in [2.45, 2.75) is 12.5 Å². The van der Waals surface area contributed by atoms with E-state index in [1.54, 1.807) is 24.3 Å². The Kier molecular flexibility index (Phi) is 7.66. The van der Waals surface area contributed by atoms with Crippen LogP contribution in [0.25, 0.3) is 0 Å². The highest BCUT2D eigenvalue weighted by Crippen LogP contribution is 2.11. The van der Waals surface area contributed by atoms with Gasteiger partial charge in [0.25, 0.3) is 0 Å². The molecule has 6 N–H and O–H groups in total. The molecule has 132 valence electrons. The molecule has 1 rings (SSSR count). The first-order chi connectivity index (χ1) is 11.3. The Bertz CT molecular complexity index is 559. The second kappa shape index (κ2) is 9.48. The third-order valence-corrected chi connectivity index (χ3v) is 3.30. The molecule has 0 aliphatic rings. The Morgan fingerprint density at radius 2 is 1.54 bits per heavy atom. The number of carboxylic acid groups (broad SMARTS) is 3. The molecular weight excluding hydrogens is 318 g/mol. The summed E-state index contributed by atoms with van der Waals surface area (Å²) < 4.78 is 0. The molecule has 1 aromatic rings. The molecule has 1 atom stereocenters. The molecule has 0 fully saturated rings. The van der Waals surface area contributed by atoms with Crippen LogP contribution < -0.4 is 11.1 Å². The largest absolute Gasteiger partial charge is 0.480 e. The molecule has 0 aliphatic heterocycles. The number of carbonyl (C=O) groups is 3. The lowest BCUT2D eigenvalue weighted by atomic mass is 10.0. The van der Waals surface area contributed by atoms with Crippen molar-refractivity contribution in [3.05, 3.63) is 29.8 Å². The van der Waals surface area contributed by atoms with Crippen LogP contribution in [-0.4, -0.2) is 70.3 Å². The summed E-state index contributed by atoms with van der Waals surface area (Å²) >= 11 is 0. The number of hydrogen-bond acceptors (Lipinski definition) is 6. The maximum absolute atomic E-state index is 11.0. The molecule has 0 radical (unpaired) electrons. The molecule has 9 heteroatoms. The molecule has 0 heterocycles. The Hall–Kier alpha value is -2.65. The second-order valence-corrected chi connectivity index (χ2v) is 5.32. The smallest absolute Gasteiger partial charge is 0.317 e. The number of nitrogens with zero attached hydrogens (tertiary/aromatic N) is 1. The van der Waals surface area contributed by atoms with Gasteiger partial charge in [-0.1, -0.05) is 12.1 Å². The van der Waals surface area contributed by atoms with Crippen LogP contribution in [0.5, 0.6) is 0 Å². The standard InChI is InChI=1S/C15H21N3O6/c16-11-3-1-10(2-4-11)5-12(6-17-7-13(19)20)18(8-14(21)22)9-15(23)24/h1-4,12,17H,5-9,16H2,(H,19,20)(H,21,22)(H,23,24)/t12-/m0/s1. The highest BCUT2D eigenvalue weighted by Gasteiger charge is 2.23. The first-order valence-corrected chi connectivity index (χ1v) is 7.22. The summed E-state index contributed by atoms with van der Waals surface area (Å²) in [6.45, 7) is -1.08. The Morgan fingerprint density at radius 1 is 1.00 bits per heavy atom. The van der Waals surface area contributed by atoms with Crippen molar-refractivity contribution in [2.24, 2.45) is 0 Å². The van der Waals surface area contributed by atoms with Gasteiger partial charge in [0, 0.05) is 18.3 Å². The van der Waals surface area contributed by atoms with Gasteiger partial charge in [0.2, 0.25) is 0 Å². The third kappa shape index (κ3) is 7.56. The SMILES string of the molecule is Nc1ccc(C[C@@H](CNCC(=O)O)N(CC(=O)O)CC(=O)O)cc1. The Balaban J connectivity index is 2.89. The fourth-order valence-corrected chi connectivity index (χ4v) is 2.26. The average molecular weight is 339 g/mol. The molecule has 0 spiro atoms. The molecule has 0 saturated carbocycles. The number of hydrogen-bond donors (Lipinski definition) is 5. The molecule has 0 amide bonds. The monoisotopic (exact) mass is 339 g/mol. The summed E-state index contributed by atoms with van der Waals surface area (Å²) in [5.41, 5.74) is 7.04. The minimum atomic E-state index is -1.16. The van der Waals surface area contributed by atoms with Crippen LogP contribution in [0.4, 0.5) is 5.69 Å². The predicted octanol–water partition coefficient (Wildman–Crippen LogP) is -0.675. The lowest BCUT2D eigenvalue weighted by Gasteiger charge is -2.29. The first-order valence-electron chi connectivity index (χ1n) is 7.22. The van der Waals surface area contributed by atoms with Gasteiger partial charge in [-0.2, -0.15) is 0 Å². The molecule has 0 aromatic heterocycles. The Labute approximate surface area is 138 Å². The van der Waals surface area contributed by atoms with E-state index in [0.29, 0.717) is 12.1 Å². The quantitative estimate of drug-likeness (QED) is 0.330. The number of rotatable bonds is 11. The van der Waals surface area contributed by atoms with E-state index in [2.05, 4.69) is 5.32 Å². The lowest BCUT2D eigenvalue weighted by molar-refractivity contribution is -0.143. The van der Waals surface area contributed by atoms with Crippen LogP contribution >= 0.6 is 0 Å².